The van der Waals surface area contributed by atoms with Gasteiger partial charge in [0.2, 0.25) is 0 Å². The molecule has 1 saturated heterocycles. The van der Waals surface area contributed by atoms with E-state index in [1.807, 2.05) is 12.1 Å². The van der Waals surface area contributed by atoms with Crippen molar-refractivity contribution in [2.45, 2.75) is 39.2 Å². The molecule has 0 amide bonds. The molecular weight excluding hydrogens is 434 g/mol. The molecule has 2 aliphatic heterocycles. The molecule has 0 aliphatic carbocycles. The van der Waals surface area contributed by atoms with E-state index in [-0.39, 0.29) is 0 Å². The van der Waals surface area contributed by atoms with Gasteiger partial charge in [-0.25, -0.2) is 0 Å². The fourth-order valence-corrected chi connectivity index (χ4v) is 5.21. The van der Waals surface area contributed by atoms with Crippen molar-refractivity contribution in [3.63, 3.8) is 0 Å². The maximum Gasteiger partial charge on any atom is 0.132 e. The van der Waals surface area contributed by atoms with Gasteiger partial charge in [0.15, 0.2) is 0 Å². The maximum absolute atomic E-state index is 6.57. The first-order valence-corrected chi connectivity index (χ1v) is 12.6. The summed E-state index contributed by atoms with van der Waals surface area (Å²) in [6.07, 6.45) is 2.61. The van der Waals surface area contributed by atoms with Gasteiger partial charge in [0.05, 0.1) is 7.11 Å². The van der Waals surface area contributed by atoms with Crippen molar-refractivity contribution in [2.24, 2.45) is 0 Å². The van der Waals surface area contributed by atoms with Gasteiger partial charge in [-0.2, -0.15) is 0 Å². The maximum atomic E-state index is 6.57. The molecule has 2 aliphatic rings. The molecule has 0 saturated carbocycles. The van der Waals surface area contributed by atoms with Gasteiger partial charge < -0.3 is 14.2 Å². The zero-order valence-electron chi connectivity index (χ0n) is 21.3. The summed E-state index contributed by atoms with van der Waals surface area (Å²) in [5, 5.41) is 0. The average molecular weight is 470 g/mol. The molecule has 5 rings (SSSR count). The van der Waals surface area contributed by atoms with Gasteiger partial charge in [-0.3, -0.25) is 4.90 Å². The molecule has 182 valence electrons. The highest BCUT2D eigenvalue weighted by Gasteiger charge is 2.36. The molecule has 0 spiro atoms. The molecule has 0 unspecified atom stereocenters. The summed E-state index contributed by atoms with van der Waals surface area (Å²) in [5.74, 6) is 2.54. The molecule has 35 heavy (non-hydrogen) atoms. The normalized spacial score (nSPS) is 17.1. The molecule has 4 nitrogen and oxygen atoms in total. The van der Waals surface area contributed by atoms with Crippen LogP contribution in [0.2, 0.25) is 0 Å². The van der Waals surface area contributed by atoms with Gasteiger partial charge in [0, 0.05) is 29.3 Å². The molecule has 4 heteroatoms. The van der Waals surface area contributed by atoms with Crippen LogP contribution in [0, 0.1) is 6.92 Å². The number of rotatable bonds is 7. The number of nitrogens with zero attached hydrogens (tertiary/aromatic N) is 1. The summed E-state index contributed by atoms with van der Waals surface area (Å²) < 4.78 is 18.1. The van der Waals surface area contributed by atoms with Crippen LogP contribution in [0.5, 0.6) is 17.2 Å². The predicted molar refractivity (Wildman–Crippen MR) is 142 cm³/mol. The Bertz CT molecular complexity index is 1200. The number of benzene rings is 3. The molecule has 0 radical (unpaired) electrons. The average Bonchev–Trinajstić information content (AvgIpc) is 3.37. The summed E-state index contributed by atoms with van der Waals surface area (Å²) in [7, 11) is 1.69. The highest BCUT2D eigenvalue weighted by molar-refractivity contribution is 6.04. The fraction of sp³-hybridized carbons (Fsp3) is 0.355. The third-order valence-electron chi connectivity index (χ3n) is 7.03. The summed E-state index contributed by atoms with van der Waals surface area (Å²) in [5.41, 5.74) is 6.48. The number of fused-ring (bicyclic) bond motifs is 1. The lowest BCUT2D eigenvalue weighted by molar-refractivity contribution is 0.168. The van der Waals surface area contributed by atoms with Gasteiger partial charge in [-0.1, -0.05) is 42.0 Å². The molecular formula is C31H35NO3. The van der Waals surface area contributed by atoms with Crippen molar-refractivity contribution in [2.75, 3.05) is 33.4 Å². The zero-order valence-corrected chi connectivity index (χ0v) is 21.3. The summed E-state index contributed by atoms with van der Waals surface area (Å²) >= 11 is 0. The Morgan fingerprint density at radius 3 is 2.20 bits per heavy atom. The standard InChI is InChI=1S/C31H35NO3/c1-22-7-9-24(10-8-22)30-29(27-16-15-26(33-4)21-28(27)35-31(30,2)3)23-11-13-25(14-12-23)34-20-19-32-17-5-6-18-32/h7-16,21H,5-6,17-20H2,1-4H3. The number of aryl methyl sites for hydroxylation is 1. The summed E-state index contributed by atoms with van der Waals surface area (Å²) in [6, 6.07) is 23.3. The van der Waals surface area contributed by atoms with Crippen LogP contribution in [-0.2, 0) is 0 Å². The third kappa shape index (κ3) is 4.94. The van der Waals surface area contributed by atoms with Crippen LogP contribution in [0.25, 0.3) is 11.1 Å². The van der Waals surface area contributed by atoms with E-state index >= 15 is 0 Å². The van der Waals surface area contributed by atoms with E-state index in [2.05, 4.69) is 80.3 Å². The van der Waals surface area contributed by atoms with Crippen molar-refractivity contribution in [1.82, 2.24) is 4.90 Å². The lowest BCUT2D eigenvalue weighted by Gasteiger charge is -2.38. The summed E-state index contributed by atoms with van der Waals surface area (Å²) in [6.45, 7) is 10.5. The molecule has 0 bridgehead atoms. The van der Waals surface area contributed by atoms with E-state index in [9.17, 15) is 0 Å². The van der Waals surface area contributed by atoms with Crippen LogP contribution in [0.4, 0.5) is 0 Å². The Morgan fingerprint density at radius 2 is 1.51 bits per heavy atom. The fourth-order valence-electron chi connectivity index (χ4n) is 5.21. The number of ether oxygens (including phenoxy) is 3. The molecule has 3 aromatic rings. The first-order chi connectivity index (χ1) is 16.9. The smallest absolute Gasteiger partial charge is 0.132 e. The molecule has 0 aromatic heterocycles. The Hall–Kier alpha value is -3.24. The molecule has 3 aromatic carbocycles. The zero-order chi connectivity index (χ0) is 24.4. The van der Waals surface area contributed by atoms with E-state index in [1.165, 1.54) is 48.2 Å². The lowest BCUT2D eigenvalue weighted by Crippen LogP contribution is -2.34. The second-order valence-electron chi connectivity index (χ2n) is 10.0. The molecule has 2 heterocycles. The van der Waals surface area contributed by atoms with E-state index < -0.39 is 5.60 Å². The largest absolute Gasteiger partial charge is 0.497 e. The van der Waals surface area contributed by atoms with Crippen LogP contribution in [0.3, 0.4) is 0 Å². The lowest BCUT2D eigenvalue weighted by atomic mass is 9.79. The van der Waals surface area contributed by atoms with E-state index in [0.29, 0.717) is 0 Å². The first-order valence-electron chi connectivity index (χ1n) is 12.6. The van der Waals surface area contributed by atoms with Crippen LogP contribution in [0.1, 0.15) is 48.9 Å². The SMILES string of the molecule is COc1ccc2c(c1)OC(C)(C)C(c1ccc(C)cc1)=C2c1ccc(OCCN2CCCC2)cc1. The van der Waals surface area contributed by atoms with Crippen LogP contribution in [-0.4, -0.2) is 43.9 Å². The van der Waals surface area contributed by atoms with Crippen molar-refractivity contribution in [3.05, 3.63) is 89.0 Å². The number of methoxy groups -OCH3 is 1. The van der Waals surface area contributed by atoms with Crippen molar-refractivity contribution in [3.8, 4) is 17.2 Å². The van der Waals surface area contributed by atoms with Crippen molar-refractivity contribution < 1.29 is 14.2 Å². The Morgan fingerprint density at radius 1 is 0.857 bits per heavy atom. The monoisotopic (exact) mass is 469 g/mol. The van der Waals surface area contributed by atoms with Gasteiger partial charge in [0.1, 0.15) is 29.5 Å². The minimum absolute atomic E-state index is 0.519. The Kier molecular flexibility index (Phi) is 6.57. The number of likely N-dealkylation sites (tertiary alicyclic amines) is 1. The first kappa shape index (κ1) is 23.5. The van der Waals surface area contributed by atoms with E-state index in [4.69, 9.17) is 14.2 Å². The second-order valence-corrected chi connectivity index (χ2v) is 10.0. The van der Waals surface area contributed by atoms with Gasteiger partial charge in [-0.05, 0) is 82.1 Å². The highest BCUT2D eigenvalue weighted by atomic mass is 16.5. The molecule has 0 N–H and O–H groups in total. The quantitative estimate of drug-likeness (QED) is 0.390. The van der Waals surface area contributed by atoms with Crippen molar-refractivity contribution >= 4 is 11.1 Å². The number of hydrogen-bond acceptors (Lipinski definition) is 4. The topological polar surface area (TPSA) is 30.9 Å². The second kappa shape index (κ2) is 9.79. The third-order valence-corrected chi connectivity index (χ3v) is 7.03. The van der Waals surface area contributed by atoms with Crippen LogP contribution in [0.15, 0.2) is 66.7 Å². The van der Waals surface area contributed by atoms with Gasteiger partial charge in [0.25, 0.3) is 0 Å². The van der Waals surface area contributed by atoms with Crippen LogP contribution >= 0.6 is 0 Å². The van der Waals surface area contributed by atoms with E-state index in [1.54, 1.807) is 7.11 Å². The predicted octanol–water partition coefficient (Wildman–Crippen LogP) is 6.61. The van der Waals surface area contributed by atoms with E-state index in [0.717, 1.165) is 41.5 Å². The van der Waals surface area contributed by atoms with Crippen LogP contribution < -0.4 is 14.2 Å². The minimum atomic E-state index is -0.519. The van der Waals surface area contributed by atoms with Gasteiger partial charge in [-0.15, -0.1) is 0 Å². The molecule has 0 atom stereocenters. The Labute approximate surface area is 209 Å². The number of hydrogen-bond donors (Lipinski definition) is 0. The highest BCUT2D eigenvalue weighted by Crippen LogP contribution is 2.49. The minimum Gasteiger partial charge on any atom is -0.497 e. The summed E-state index contributed by atoms with van der Waals surface area (Å²) in [4.78, 5) is 2.47. The Balaban J connectivity index is 1.53. The molecule has 1 fully saturated rings. The van der Waals surface area contributed by atoms with Crippen molar-refractivity contribution in [1.29, 1.82) is 0 Å². The van der Waals surface area contributed by atoms with Gasteiger partial charge >= 0.3 is 0 Å².